The molecular formula is C16H18N4O2S2. The first-order chi connectivity index (χ1) is 11.6. The lowest BCUT2D eigenvalue weighted by molar-refractivity contribution is 0.0954. The van der Waals surface area contributed by atoms with Crippen LogP contribution in [-0.4, -0.2) is 41.2 Å². The highest BCUT2D eigenvalue weighted by molar-refractivity contribution is 8.26. The number of amides is 1. The van der Waals surface area contributed by atoms with Crippen molar-refractivity contribution in [2.24, 2.45) is 0 Å². The maximum absolute atomic E-state index is 12.1. The van der Waals surface area contributed by atoms with Crippen molar-refractivity contribution in [3.05, 3.63) is 41.5 Å². The molecule has 0 saturated carbocycles. The van der Waals surface area contributed by atoms with Crippen LogP contribution in [0.4, 0.5) is 0 Å². The van der Waals surface area contributed by atoms with Crippen molar-refractivity contribution in [2.75, 3.05) is 20.3 Å². The molecule has 3 N–H and O–H groups in total. The molecule has 0 fully saturated rings. The zero-order valence-corrected chi connectivity index (χ0v) is 14.8. The van der Waals surface area contributed by atoms with Gasteiger partial charge in [-0.25, -0.2) is 4.98 Å². The molecular weight excluding hydrogens is 344 g/mol. The number of aromatic nitrogens is 1. The van der Waals surface area contributed by atoms with Crippen LogP contribution in [0.2, 0.25) is 0 Å². The van der Waals surface area contributed by atoms with Crippen LogP contribution in [0.15, 0.2) is 36.5 Å². The van der Waals surface area contributed by atoms with E-state index < -0.39 is 0 Å². The fourth-order valence-corrected chi connectivity index (χ4v) is 3.36. The summed E-state index contributed by atoms with van der Waals surface area (Å²) < 4.78 is 4.83. The Kier molecular flexibility index (Phi) is 7.10. The van der Waals surface area contributed by atoms with Crippen LogP contribution >= 0.6 is 23.1 Å². The first-order valence-corrected chi connectivity index (χ1v) is 8.84. The molecule has 0 spiro atoms. The summed E-state index contributed by atoms with van der Waals surface area (Å²) in [6, 6.07) is 9.78. The Morgan fingerprint density at radius 1 is 1.29 bits per heavy atom. The summed E-state index contributed by atoms with van der Waals surface area (Å²) in [5.74, 6) is -0.244. The molecule has 0 aliphatic carbocycles. The largest absolute Gasteiger partial charge is 0.378 e. The Bertz CT molecular complexity index is 716. The SMILES string of the molecule is COCC(=N)SC(=N)CCNC(=O)c1ncc(-c2ccccc2)s1. The average Bonchev–Trinajstić information content (AvgIpc) is 3.06. The molecule has 0 unspecified atom stereocenters. The highest BCUT2D eigenvalue weighted by Crippen LogP contribution is 2.25. The summed E-state index contributed by atoms with van der Waals surface area (Å²) in [4.78, 5) is 17.2. The van der Waals surface area contributed by atoms with Crippen molar-refractivity contribution < 1.29 is 9.53 Å². The minimum Gasteiger partial charge on any atom is -0.378 e. The number of hydrogen-bond acceptors (Lipinski definition) is 7. The van der Waals surface area contributed by atoms with E-state index in [9.17, 15) is 4.79 Å². The lowest BCUT2D eigenvalue weighted by atomic mass is 10.2. The molecule has 8 heteroatoms. The van der Waals surface area contributed by atoms with E-state index in [1.54, 1.807) is 6.20 Å². The van der Waals surface area contributed by atoms with Crippen LogP contribution in [0.1, 0.15) is 16.2 Å². The molecule has 0 aliphatic rings. The zero-order chi connectivity index (χ0) is 17.4. The van der Waals surface area contributed by atoms with Crippen LogP contribution in [-0.2, 0) is 4.74 Å². The van der Waals surface area contributed by atoms with Gasteiger partial charge in [0.1, 0.15) is 0 Å². The van der Waals surface area contributed by atoms with E-state index in [2.05, 4.69) is 10.3 Å². The lowest BCUT2D eigenvalue weighted by Crippen LogP contribution is -2.25. The molecule has 126 valence electrons. The minimum atomic E-state index is -0.244. The molecule has 2 aromatic rings. The number of thiazole rings is 1. The van der Waals surface area contributed by atoms with Gasteiger partial charge >= 0.3 is 0 Å². The van der Waals surface area contributed by atoms with Crippen LogP contribution in [0, 0.1) is 10.8 Å². The number of carbonyl (C=O) groups excluding carboxylic acids is 1. The van der Waals surface area contributed by atoms with Gasteiger partial charge in [-0.15, -0.1) is 11.3 Å². The van der Waals surface area contributed by atoms with E-state index in [1.165, 1.54) is 18.4 Å². The van der Waals surface area contributed by atoms with Gasteiger partial charge in [-0.05, 0) is 5.56 Å². The van der Waals surface area contributed by atoms with Crippen LogP contribution in [0.5, 0.6) is 0 Å². The Labute approximate surface area is 148 Å². The van der Waals surface area contributed by atoms with Gasteiger partial charge in [-0.3, -0.25) is 15.6 Å². The number of rotatable bonds is 7. The van der Waals surface area contributed by atoms with E-state index in [4.69, 9.17) is 15.6 Å². The van der Waals surface area contributed by atoms with Gasteiger partial charge in [0.25, 0.3) is 5.91 Å². The quantitative estimate of drug-likeness (QED) is 0.520. The van der Waals surface area contributed by atoms with Crippen LogP contribution in [0.3, 0.4) is 0 Å². The third-order valence-electron chi connectivity index (χ3n) is 2.92. The Morgan fingerprint density at radius 2 is 2.04 bits per heavy atom. The summed E-state index contributed by atoms with van der Waals surface area (Å²) in [5.41, 5.74) is 1.03. The second-order valence-corrected chi connectivity index (χ2v) is 7.00. The average molecular weight is 362 g/mol. The second kappa shape index (κ2) is 9.31. The Balaban J connectivity index is 1.80. The number of ether oxygens (including phenoxy) is 1. The minimum absolute atomic E-state index is 0.195. The van der Waals surface area contributed by atoms with Crippen molar-refractivity contribution in [1.29, 1.82) is 10.8 Å². The van der Waals surface area contributed by atoms with Crippen molar-refractivity contribution in [1.82, 2.24) is 10.3 Å². The number of benzene rings is 1. The van der Waals surface area contributed by atoms with Gasteiger partial charge in [-0.1, -0.05) is 42.1 Å². The summed E-state index contributed by atoms with van der Waals surface area (Å²) in [6.45, 7) is 0.534. The number of nitrogens with one attached hydrogen (secondary N) is 3. The number of methoxy groups -OCH3 is 1. The van der Waals surface area contributed by atoms with E-state index in [1.807, 2.05) is 30.3 Å². The first kappa shape index (κ1) is 18.3. The molecule has 0 aliphatic heterocycles. The predicted octanol–water partition coefficient (Wildman–Crippen LogP) is 3.26. The Hall–Kier alpha value is -2.03. The highest BCUT2D eigenvalue weighted by atomic mass is 32.2. The number of nitrogens with zero attached hydrogens (tertiary/aromatic N) is 1. The van der Waals surface area contributed by atoms with Gasteiger partial charge < -0.3 is 10.1 Å². The lowest BCUT2D eigenvalue weighted by Gasteiger charge is -2.05. The van der Waals surface area contributed by atoms with E-state index in [0.29, 0.717) is 23.0 Å². The maximum atomic E-state index is 12.1. The molecule has 1 aromatic carbocycles. The smallest absolute Gasteiger partial charge is 0.280 e. The predicted molar refractivity (Wildman–Crippen MR) is 99.4 cm³/mol. The van der Waals surface area contributed by atoms with Gasteiger partial charge in [0.2, 0.25) is 0 Å². The summed E-state index contributed by atoms with van der Waals surface area (Å²) in [5, 5.41) is 19.1. The third kappa shape index (κ3) is 5.55. The Morgan fingerprint density at radius 3 is 2.75 bits per heavy atom. The summed E-state index contributed by atoms with van der Waals surface area (Å²) >= 11 is 2.39. The van der Waals surface area contributed by atoms with Crippen LogP contribution in [0.25, 0.3) is 10.4 Å². The number of carbonyl (C=O) groups is 1. The third-order valence-corrected chi connectivity index (χ3v) is 4.78. The molecule has 1 amide bonds. The van der Waals surface area contributed by atoms with Crippen molar-refractivity contribution in [2.45, 2.75) is 6.42 Å². The summed E-state index contributed by atoms with van der Waals surface area (Å²) in [7, 11) is 1.51. The van der Waals surface area contributed by atoms with E-state index in [-0.39, 0.29) is 17.6 Å². The normalized spacial score (nSPS) is 10.4. The van der Waals surface area contributed by atoms with E-state index >= 15 is 0 Å². The van der Waals surface area contributed by atoms with Gasteiger partial charge in [0.05, 0.1) is 21.6 Å². The van der Waals surface area contributed by atoms with Gasteiger partial charge in [0.15, 0.2) is 5.01 Å². The van der Waals surface area contributed by atoms with E-state index in [0.717, 1.165) is 22.2 Å². The first-order valence-electron chi connectivity index (χ1n) is 7.21. The van der Waals surface area contributed by atoms with Gasteiger partial charge in [-0.2, -0.15) is 0 Å². The molecule has 0 saturated heterocycles. The standard InChI is InChI=1S/C16H18N4O2S2/c1-22-10-14(18)24-13(17)7-8-19-15(21)16-20-9-12(23-16)11-5-3-2-4-6-11/h2-6,9,17-18H,7-8,10H2,1H3,(H,19,21). The molecule has 24 heavy (non-hydrogen) atoms. The molecule has 0 atom stereocenters. The topological polar surface area (TPSA) is 98.9 Å². The monoisotopic (exact) mass is 362 g/mol. The fraction of sp³-hybridized carbons (Fsp3) is 0.250. The molecule has 1 heterocycles. The summed E-state index contributed by atoms with van der Waals surface area (Å²) in [6.07, 6.45) is 2.07. The molecule has 0 radical (unpaired) electrons. The number of thioether (sulfide) groups is 1. The zero-order valence-electron chi connectivity index (χ0n) is 13.2. The van der Waals surface area contributed by atoms with Crippen LogP contribution < -0.4 is 5.32 Å². The molecule has 1 aromatic heterocycles. The fourth-order valence-electron chi connectivity index (χ4n) is 1.84. The van der Waals surface area contributed by atoms with Crippen molar-refractivity contribution >= 4 is 39.1 Å². The molecule has 2 rings (SSSR count). The maximum Gasteiger partial charge on any atom is 0.280 e. The van der Waals surface area contributed by atoms with Crippen molar-refractivity contribution in [3.63, 3.8) is 0 Å². The molecule has 0 bridgehead atoms. The number of hydrogen-bond donors (Lipinski definition) is 3. The van der Waals surface area contributed by atoms with Gasteiger partial charge in [0, 0.05) is 26.3 Å². The second-order valence-electron chi connectivity index (χ2n) is 4.78. The van der Waals surface area contributed by atoms with Crippen molar-refractivity contribution in [3.8, 4) is 10.4 Å². The highest BCUT2D eigenvalue weighted by Gasteiger charge is 2.12. The molecule has 6 nitrogen and oxygen atoms in total.